The highest BCUT2D eigenvalue weighted by atomic mass is 16.5. The molecule has 0 aromatic carbocycles. The summed E-state index contributed by atoms with van der Waals surface area (Å²) in [6, 6.07) is 3.71. The van der Waals surface area contributed by atoms with Gasteiger partial charge < -0.3 is 14.9 Å². The molecule has 0 aliphatic heterocycles. The van der Waals surface area contributed by atoms with Gasteiger partial charge in [-0.15, -0.1) is 0 Å². The van der Waals surface area contributed by atoms with Gasteiger partial charge in [-0.05, 0) is 12.1 Å². The van der Waals surface area contributed by atoms with Crippen molar-refractivity contribution >= 4 is 0 Å². The fraction of sp³-hybridized carbons (Fsp3) is 0.429. The molecule has 0 atom stereocenters. The first-order valence-electron chi connectivity index (χ1n) is 3.23. The van der Waals surface area contributed by atoms with E-state index in [1.165, 1.54) is 0 Å². The molecule has 0 fully saturated rings. The molecule has 0 aliphatic rings. The van der Waals surface area contributed by atoms with Crippen LogP contribution in [-0.4, -0.2) is 13.2 Å². The van der Waals surface area contributed by atoms with Crippen molar-refractivity contribution < 1.29 is 9.15 Å². The Morgan fingerprint density at radius 2 is 2.50 bits per heavy atom. The van der Waals surface area contributed by atoms with Gasteiger partial charge in [-0.1, -0.05) is 0 Å². The highest BCUT2D eigenvalue weighted by Gasteiger charge is 1.92. The van der Waals surface area contributed by atoms with Gasteiger partial charge in [-0.2, -0.15) is 0 Å². The molecule has 10 heavy (non-hydrogen) atoms. The molecular weight excluding hydrogens is 130 g/mol. The summed E-state index contributed by atoms with van der Waals surface area (Å²) in [5.74, 6) is 0.841. The average Bonchev–Trinajstić information content (AvgIpc) is 2.41. The van der Waals surface area contributed by atoms with Gasteiger partial charge in [0.05, 0.1) is 12.9 Å². The van der Waals surface area contributed by atoms with Crippen molar-refractivity contribution in [3.05, 3.63) is 24.2 Å². The molecule has 2 N–H and O–H groups in total. The molecule has 0 spiro atoms. The molecule has 0 saturated heterocycles. The first-order chi connectivity index (χ1) is 4.93. The van der Waals surface area contributed by atoms with Crippen LogP contribution in [0.4, 0.5) is 0 Å². The van der Waals surface area contributed by atoms with Crippen LogP contribution in [0.3, 0.4) is 0 Å². The lowest BCUT2D eigenvalue weighted by molar-refractivity contribution is 0.113. The van der Waals surface area contributed by atoms with E-state index in [0.29, 0.717) is 19.8 Å². The SMILES string of the molecule is NCCOCc1ccco1. The van der Waals surface area contributed by atoms with E-state index in [1.807, 2.05) is 12.1 Å². The maximum Gasteiger partial charge on any atom is 0.129 e. The maximum absolute atomic E-state index is 5.21. The highest BCUT2D eigenvalue weighted by Crippen LogP contribution is 2.00. The molecular formula is C7H11NO2. The molecule has 0 unspecified atom stereocenters. The van der Waals surface area contributed by atoms with Crippen molar-refractivity contribution in [2.45, 2.75) is 6.61 Å². The number of hydrogen-bond donors (Lipinski definition) is 1. The molecule has 0 amide bonds. The Morgan fingerprint density at radius 3 is 3.10 bits per heavy atom. The molecule has 1 aromatic rings. The van der Waals surface area contributed by atoms with Crippen LogP contribution in [0.1, 0.15) is 5.76 Å². The second-order valence-corrected chi connectivity index (χ2v) is 1.92. The average molecular weight is 141 g/mol. The van der Waals surface area contributed by atoms with Crippen molar-refractivity contribution in [3.63, 3.8) is 0 Å². The Morgan fingerprint density at radius 1 is 1.60 bits per heavy atom. The van der Waals surface area contributed by atoms with E-state index in [4.69, 9.17) is 14.9 Å². The molecule has 0 saturated carbocycles. The Balaban J connectivity index is 2.15. The summed E-state index contributed by atoms with van der Waals surface area (Å²) in [4.78, 5) is 0. The van der Waals surface area contributed by atoms with Gasteiger partial charge in [0.25, 0.3) is 0 Å². The first kappa shape index (κ1) is 7.31. The fourth-order valence-corrected chi connectivity index (χ4v) is 0.651. The van der Waals surface area contributed by atoms with E-state index in [-0.39, 0.29) is 0 Å². The second-order valence-electron chi connectivity index (χ2n) is 1.92. The molecule has 0 radical (unpaired) electrons. The largest absolute Gasteiger partial charge is 0.467 e. The minimum Gasteiger partial charge on any atom is -0.467 e. The van der Waals surface area contributed by atoms with Gasteiger partial charge in [0.1, 0.15) is 12.4 Å². The van der Waals surface area contributed by atoms with E-state index in [9.17, 15) is 0 Å². The van der Waals surface area contributed by atoms with Crippen LogP contribution in [0.25, 0.3) is 0 Å². The summed E-state index contributed by atoms with van der Waals surface area (Å²) in [6.45, 7) is 1.66. The summed E-state index contributed by atoms with van der Waals surface area (Å²) in [5, 5.41) is 0. The summed E-state index contributed by atoms with van der Waals surface area (Å²) >= 11 is 0. The standard InChI is InChI=1S/C7H11NO2/c8-3-5-9-6-7-2-1-4-10-7/h1-2,4H,3,5-6,8H2. The topological polar surface area (TPSA) is 48.4 Å². The first-order valence-corrected chi connectivity index (χ1v) is 3.23. The smallest absolute Gasteiger partial charge is 0.129 e. The van der Waals surface area contributed by atoms with Gasteiger partial charge in [0.2, 0.25) is 0 Å². The van der Waals surface area contributed by atoms with Crippen LogP contribution < -0.4 is 5.73 Å². The van der Waals surface area contributed by atoms with Gasteiger partial charge >= 0.3 is 0 Å². The Hall–Kier alpha value is -0.800. The van der Waals surface area contributed by atoms with Gasteiger partial charge in [-0.3, -0.25) is 0 Å². The monoisotopic (exact) mass is 141 g/mol. The maximum atomic E-state index is 5.21. The molecule has 56 valence electrons. The predicted molar refractivity (Wildman–Crippen MR) is 37.4 cm³/mol. The summed E-state index contributed by atoms with van der Waals surface area (Å²) < 4.78 is 10.1. The lowest BCUT2D eigenvalue weighted by atomic mass is 10.5. The highest BCUT2D eigenvalue weighted by molar-refractivity contribution is 4.95. The second kappa shape index (κ2) is 4.09. The van der Waals surface area contributed by atoms with E-state index in [2.05, 4.69) is 0 Å². The molecule has 1 aromatic heterocycles. The fourth-order valence-electron chi connectivity index (χ4n) is 0.651. The van der Waals surface area contributed by atoms with Gasteiger partial charge in [0.15, 0.2) is 0 Å². The van der Waals surface area contributed by atoms with Crippen molar-refractivity contribution in [1.82, 2.24) is 0 Å². The third kappa shape index (κ3) is 2.21. The number of nitrogens with two attached hydrogens (primary N) is 1. The van der Waals surface area contributed by atoms with Crippen LogP contribution in [0.15, 0.2) is 22.8 Å². The zero-order chi connectivity index (χ0) is 7.23. The van der Waals surface area contributed by atoms with Crippen molar-refractivity contribution in [2.75, 3.05) is 13.2 Å². The van der Waals surface area contributed by atoms with Crippen molar-refractivity contribution in [3.8, 4) is 0 Å². The minimum absolute atomic E-state index is 0.518. The summed E-state index contributed by atoms with van der Waals surface area (Å²) in [6.07, 6.45) is 1.63. The number of ether oxygens (including phenoxy) is 1. The molecule has 1 rings (SSSR count). The predicted octanol–water partition coefficient (Wildman–Crippen LogP) is 0.755. The Kier molecular flexibility index (Phi) is 2.99. The molecule has 3 heteroatoms. The lowest BCUT2D eigenvalue weighted by Crippen LogP contribution is -2.07. The molecule has 0 bridgehead atoms. The van der Waals surface area contributed by atoms with E-state index >= 15 is 0 Å². The number of rotatable bonds is 4. The lowest BCUT2D eigenvalue weighted by Gasteiger charge is -1.96. The van der Waals surface area contributed by atoms with Crippen molar-refractivity contribution in [1.29, 1.82) is 0 Å². The summed E-state index contributed by atoms with van der Waals surface area (Å²) in [7, 11) is 0. The normalized spacial score (nSPS) is 10.1. The number of furan rings is 1. The Bertz CT molecular complexity index is 160. The molecule has 1 heterocycles. The quantitative estimate of drug-likeness (QED) is 0.629. The third-order valence-electron chi connectivity index (χ3n) is 1.09. The Labute approximate surface area is 59.8 Å². The summed E-state index contributed by atoms with van der Waals surface area (Å²) in [5.41, 5.74) is 5.21. The zero-order valence-electron chi connectivity index (χ0n) is 5.75. The van der Waals surface area contributed by atoms with E-state index in [0.717, 1.165) is 5.76 Å². The van der Waals surface area contributed by atoms with Crippen LogP contribution in [-0.2, 0) is 11.3 Å². The molecule has 0 aliphatic carbocycles. The van der Waals surface area contributed by atoms with Crippen LogP contribution >= 0.6 is 0 Å². The van der Waals surface area contributed by atoms with E-state index in [1.54, 1.807) is 6.26 Å². The number of hydrogen-bond acceptors (Lipinski definition) is 3. The van der Waals surface area contributed by atoms with Crippen LogP contribution in [0.5, 0.6) is 0 Å². The zero-order valence-corrected chi connectivity index (χ0v) is 5.75. The molecule has 3 nitrogen and oxygen atoms in total. The van der Waals surface area contributed by atoms with Gasteiger partial charge in [-0.25, -0.2) is 0 Å². The van der Waals surface area contributed by atoms with E-state index < -0.39 is 0 Å². The van der Waals surface area contributed by atoms with Crippen LogP contribution in [0.2, 0.25) is 0 Å². The minimum atomic E-state index is 0.518. The van der Waals surface area contributed by atoms with Gasteiger partial charge in [0, 0.05) is 6.54 Å². The third-order valence-corrected chi connectivity index (χ3v) is 1.09. The van der Waals surface area contributed by atoms with Crippen LogP contribution in [0, 0.1) is 0 Å². The van der Waals surface area contributed by atoms with Crippen molar-refractivity contribution in [2.24, 2.45) is 5.73 Å².